The molecule has 0 radical (unpaired) electrons. The lowest BCUT2D eigenvalue weighted by molar-refractivity contribution is 0.275. The second-order valence-corrected chi connectivity index (χ2v) is 5.69. The maximum absolute atomic E-state index is 3.55. The molecule has 2 heteroatoms. The third kappa shape index (κ3) is 4.81. The average Bonchev–Trinajstić information content (AvgIpc) is 3.19. The molecule has 17 heavy (non-hydrogen) atoms. The van der Waals surface area contributed by atoms with E-state index in [-0.39, 0.29) is 0 Å². The second-order valence-electron chi connectivity index (χ2n) is 4.90. The number of aryl methyl sites for hydroxylation is 1. The summed E-state index contributed by atoms with van der Waals surface area (Å²) < 4.78 is 0. The Morgan fingerprint density at radius 3 is 2.47 bits per heavy atom. The maximum Gasteiger partial charge on any atom is 0.0159 e. The molecule has 0 atom stereocenters. The van der Waals surface area contributed by atoms with E-state index in [2.05, 4.69) is 51.2 Å². The number of nitrogens with zero attached hydrogens (tertiary/aromatic N) is 1. The van der Waals surface area contributed by atoms with Crippen molar-refractivity contribution in [2.75, 3.05) is 18.4 Å². The first-order valence-corrected chi connectivity index (χ1v) is 7.86. The molecule has 0 unspecified atom stereocenters. The minimum atomic E-state index is 0.907. The van der Waals surface area contributed by atoms with Gasteiger partial charge in [0.05, 0.1) is 0 Å². The van der Waals surface area contributed by atoms with Crippen LogP contribution >= 0.6 is 15.9 Å². The lowest BCUT2D eigenvalue weighted by Gasteiger charge is -2.20. The highest BCUT2D eigenvalue weighted by molar-refractivity contribution is 9.09. The smallest absolute Gasteiger partial charge is 0.0159 e. The van der Waals surface area contributed by atoms with Crippen molar-refractivity contribution in [3.63, 3.8) is 0 Å². The number of hydrogen-bond acceptors (Lipinski definition) is 1. The highest BCUT2D eigenvalue weighted by atomic mass is 79.9. The van der Waals surface area contributed by atoms with Crippen LogP contribution < -0.4 is 0 Å². The summed E-state index contributed by atoms with van der Waals surface area (Å²) in [6, 6.07) is 11.7. The molecular weight excluding hydrogens is 274 g/mol. The number of benzene rings is 1. The van der Waals surface area contributed by atoms with Gasteiger partial charge in [-0.05, 0) is 44.2 Å². The van der Waals surface area contributed by atoms with Crippen molar-refractivity contribution >= 4 is 15.9 Å². The van der Waals surface area contributed by atoms with Crippen LogP contribution in [0.25, 0.3) is 0 Å². The van der Waals surface area contributed by atoms with Gasteiger partial charge in [0, 0.05) is 17.9 Å². The van der Waals surface area contributed by atoms with Gasteiger partial charge in [-0.1, -0.05) is 46.3 Å². The summed E-state index contributed by atoms with van der Waals surface area (Å²) in [5, 5.41) is 1.11. The van der Waals surface area contributed by atoms with Gasteiger partial charge < -0.3 is 0 Å². The molecule has 1 aromatic carbocycles. The van der Waals surface area contributed by atoms with Crippen LogP contribution in [-0.4, -0.2) is 29.4 Å². The minimum absolute atomic E-state index is 0.907. The van der Waals surface area contributed by atoms with Crippen LogP contribution in [0.5, 0.6) is 0 Å². The predicted octanol–water partition coefficient (Wildman–Crippen LogP) is 3.87. The molecule has 2 rings (SSSR count). The van der Waals surface area contributed by atoms with Crippen molar-refractivity contribution in [3.8, 4) is 0 Å². The highest BCUT2D eigenvalue weighted by Crippen LogP contribution is 2.27. The Balaban J connectivity index is 1.61. The summed E-state index contributed by atoms with van der Waals surface area (Å²) in [4.78, 5) is 2.65. The van der Waals surface area contributed by atoms with Crippen LogP contribution in [0.3, 0.4) is 0 Å². The molecule has 0 saturated heterocycles. The quantitative estimate of drug-likeness (QED) is 0.520. The molecule has 1 fully saturated rings. The first-order valence-electron chi connectivity index (χ1n) is 6.74. The van der Waals surface area contributed by atoms with Gasteiger partial charge in [-0.15, -0.1) is 0 Å². The Kier molecular flexibility index (Phi) is 5.53. The summed E-state index contributed by atoms with van der Waals surface area (Å²) in [7, 11) is 0. The molecule has 1 aromatic rings. The fourth-order valence-electron chi connectivity index (χ4n) is 2.31. The molecule has 0 amide bonds. The van der Waals surface area contributed by atoms with E-state index in [0.717, 1.165) is 11.4 Å². The van der Waals surface area contributed by atoms with Crippen molar-refractivity contribution in [1.82, 2.24) is 4.90 Å². The molecule has 0 aromatic heterocycles. The Labute approximate surface area is 113 Å². The van der Waals surface area contributed by atoms with E-state index in [9.17, 15) is 0 Å². The molecule has 0 N–H and O–H groups in total. The van der Waals surface area contributed by atoms with Gasteiger partial charge in [-0.3, -0.25) is 4.90 Å². The van der Waals surface area contributed by atoms with Crippen molar-refractivity contribution < 1.29 is 0 Å². The van der Waals surface area contributed by atoms with Crippen LogP contribution in [0, 0.1) is 0 Å². The number of alkyl halides is 1. The van der Waals surface area contributed by atoms with E-state index in [4.69, 9.17) is 0 Å². The third-order valence-electron chi connectivity index (χ3n) is 3.44. The molecular formula is C15H22BrN. The molecule has 94 valence electrons. The molecule has 0 bridgehead atoms. The Morgan fingerprint density at radius 2 is 1.82 bits per heavy atom. The largest absolute Gasteiger partial charge is 0.300 e. The summed E-state index contributed by atoms with van der Waals surface area (Å²) in [6.45, 7) is 2.50. The maximum atomic E-state index is 3.55. The van der Waals surface area contributed by atoms with Crippen LogP contribution in [-0.2, 0) is 6.42 Å². The van der Waals surface area contributed by atoms with Crippen molar-refractivity contribution in [3.05, 3.63) is 35.9 Å². The van der Waals surface area contributed by atoms with Crippen LogP contribution in [0.2, 0.25) is 0 Å². The van der Waals surface area contributed by atoms with E-state index < -0.39 is 0 Å². The summed E-state index contributed by atoms with van der Waals surface area (Å²) in [6.07, 6.45) is 6.72. The molecule has 1 saturated carbocycles. The Bertz CT molecular complexity index is 308. The monoisotopic (exact) mass is 295 g/mol. The fraction of sp³-hybridized carbons (Fsp3) is 0.600. The minimum Gasteiger partial charge on any atom is -0.300 e. The van der Waals surface area contributed by atoms with E-state index in [1.165, 1.54) is 50.8 Å². The van der Waals surface area contributed by atoms with Crippen molar-refractivity contribution in [2.24, 2.45) is 0 Å². The third-order valence-corrected chi connectivity index (χ3v) is 3.79. The SMILES string of the molecule is BrCCN(CCCCc1ccccc1)C1CC1. The molecule has 1 nitrogen and oxygen atoms in total. The number of unbranched alkanes of at least 4 members (excludes halogenated alkanes) is 1. The average molecular weight is 296 g/mol. The molecule has 0 aliphatic heterocycles. The lowest BCUT2D eigenvalue weighted by atomic mass is 10.1. The van der Waals surface area contributed by atoms with Gasteiger partial charge >= 0.3 is 0 Å². The van der Waals surface area contributed by atoms with Gasteiger partial charge in [0.1, 0.15) is 0 Å². The molecule has 1 aliphatic rings. The summed E-state index contributed by atoms with van der Waals surface area (Å²) in [5.74, 6) is 0. The second kappa shape index (κ2) is 7.17. The summed E-state index contributed by atoms with van der Waals surface area (Å²) in [5.41, 5.74) is 1.48. The number of rotatable bonds is 8. The predicted molar refractivity (Wildman–Crippen MR) is 77.8 cm³/mol. The van der Waals surface area contributed by atoms with Gasteiger partial charge in [0.15, 0.2) is 0 Å². The van der Waals surface area contributed by atoms with E-state index in [0.29, 0.717) is 0 Å². The Hall–Kier alpha value is -0.340. The van der Waals surface area contributed by atoms with Crippen LogP contribution in [0.15, 0.2) is 30.3 Å². The van der Waals surface area contributed by atoms with Gasteiger partial charge in [0.25, 0.3) is 0 Å². The van der Waals surface area contributed by atoms with Crippen molar-refractivity contribution in [1.29, 1.82) is 0 Å². The zero-order valence-corrected chi connectivity index (χ0v) is 12.0. The van der Waals surface area contributed by atoms with E-state index in [1.54, 1.807) is 0 Å². The normalized spacial score (nSPS) is 15.4. The number of halogens is 1. The lowest BCUT2D eigenvalue weighted by Crippen LogP contribution is -2.29. The van der Waals surface area contributed by atoms with Crippen molar-refractivity contribution in [2.45, 2.75) is 38.1 Å². The molecule has 1 aliphatic carbocycles. The van der Waals surface area contributed by atoms with Gasteiger partial charge in [-0.2, -0.15) is 0 Å². The zero-order valence-electron chi connectivity index (χ0n) is 10.4. The summed E-state index contributed by atoms with van der Waals surface area (Å²) >= 11 is 3.55. The van der Waals surface area contributed by atoms with Gasteiger partial charge in [0.2, 0.25) is 0 Å². The van der Waals surface area contributed by atoms with Crippen LogP contribution in [0.4, 0.5) is 0 Å². The topological polar surface area (TPSA) is 3.24 Å². The molecule has 0 heterocycles. The number of hydrogen-bond donors (Lipinski definition) is 0. The van der Waals surface area contributed by atoms with E-state index in [1.807, 2.05) is 0 Å². The first kappa shape index (κ1) is 13.1. The fourth-order valence-corrected chi connectivity index (χ4v) is 2.77. The molecule has 0 spiro atoms. The van der Waals surface area contributed by atoms with Crippen LogP contribution in [0.1, 0.15) is 31.2 Å². The highest BCUT2D eigenvalue weighted by Gasteiger charge is 2.27. The Morgan fingerprint density at radius 1 is 1.06 bits per heavy atom. The standard InChI is InChI=1S/C15H22BrN/c16-11-13-17(15-9-10-15)12-5-4-8-14-6-2-1-3-7-14/h1-3,6-7,15H,4-5,8-13H2. The zero-order chi connectivity index (χ0) is 11.9. The van der Waals surface area contributed by atoms with Gasteiger partial charge in [-0.25, -0.2) is 0 Å². The first-order chi connectivity index (χ1) is 8.40. The van der Waals surface area contributed by atoms with E-state index >= 15 is 0 Å².